The maximum absolute atomic E-state index is 9.13. The molecule has 1 saturated heterocycles. The van der Waals surface area contributed by atoms with Gasteiger partial charge in [-0.15, -0.1) is 0 Å². The number of anilines is 1. The summed E-state index contributed by atoms with van der Waals surface area (Å²) in [6, 6.07) is 0. The fraction of sp³-hybridized carbons (Fsp3) is 0.667. The summed E-state index contributed by atoms with van der Waals surface area (Å²) >= 11 is 6.09. The molecule has 17 heavy (non-hydrogen) atoms. The van der Waals surface area contributed by atoms with Crippen molar-refractivity contribution in [1.82, 2.24) is 9.97 Å². The molecule has 0 unspecified atom stereocenters. The van der Waals surface area contributed by atoms with E-state index < -0.39 is 0 Å². The van der Waals surface area contributed by atoms with Gasteiger partial charge in [0.1, 0.15) is 17.3 Å². The molecule has 1 N–H and O–H groups in total. The zero-order chi connectivity index (χ0) is 12.3. The monoisotopic (exact) mass is 255 g/mol. The number of piperidine rings is 1. The average molecular weight is 256 g/mol. The highest BCUT2D eigenvalue weighted by Gasteiger charge is 2.22. The third-order valence-electron chi connectivity index (χ3n) is 3.40. The first-order valence-corrected chi connectivity index (χ1v) is 6.49. The summed E-state index contributed by atoms with van der Waals surface area (Å²) in [6.45, 7) is 4.23. The molecule has 0 atom stereocenters. The fourth-order valence-electron chi connectivity index (χ4n) is 2.29. The van der Waals surface area contributed by atoms with Gasteiger partial charge in [-0.25, -0.2) is 9.97 Å². The van der Waals surface area contributed by atoms with Crippen molar-refractivity contribution >= 4 is 17.4 Å². The highest BCUT2D eigenvalue weighted by Crippen LogP contribution is 2.27. The third kappa shape index (κ3) is 2.69. The Morgan fingerprint density at radius 3 is 2.71 bits per heavy atom. The first-order chi connectivity index (χ1) is 8.26. The molecule has 5 heteroatoms. The molecule has 94 valence electrons. The van der Waals surface area contributed by atoms with Crippen LogP contribution in [0.1, 0.15) is 25.3 Å². The van der Waals surface area contributed by atoms with E-state index in [1.165, 1.54) is 6.33 Å². The lowest BCUT2D eigenvalue weighted by molar-refractivity contribution is 0.202. The molecule has 2 heterocycles. The molecule has 1 fully saturated rings. The normalized spacial score (nSPS) is 17.5. The maximum Gasteiger partial charge on any atom is 0.137 e. The molecule has 1 aliphatic heterocycles. The van der Waals surface area contributed by atoms with Crippen molar-refractivity contribution in [3.63, 3.8) is 0 Å². The molecule has 0 aliphatic carbocycles. The average Bonchev–Trinajstić information content (AvgIpc) is 2.38. The van der Waals surface area contributed by atoms with Gasteiger partial charge in [-0.2, -0.15) is 0 Å². The number of aliphatic hydroxyl groups is 1. The summed E-state index contributed by atoms with van der Waals surface area (Å²) in [4.78, 5) is 10.6. The quantitative estimate of drug-likeness (QED) is 0.839. The first-order valence-electron chi connectivity index (χ1n) is 6.11. The second-order valence-corrected chi connectivity index (χ2v) is 4.79. The predicted molar refractivity (Wildman–Crippen MR) is 68.4 cm³/mol. The zero-order valence-electron chi connectivity index (χ0n) is 10.1. The summed E-state index contributed by atoms with van der Waals surface area (Å²) in [6.07, 6.45) is 4.40. The van der Waals surface area contributed by atoms with Crippen LogP contribution in [-0.2, 0) is 6.42 Å². The Morgan fingerprint density at radius 2 is 2.12 bits per heavy atom. The number of rotatable bonds is 3. The minimum Gasteiger partial charge on any atom is -0.396 e. The van der Waals surface area contributed by atoms with Crippen LogP contribution in [0.3, 0.4) is 0 Å². The van der Waals surface area contributed by atoms with Crippen molar-refractivity contribution in [3.8, 4) is 0 Å². The van der Waals surface area contributed by atoms with Crippen LogP contribution in [-0.4, -0.2) is 34.8 Å². The minimum atomic E-state index is 0.291. The lowest BCUT2D eigenvalue weighted by Crippen LogP contribution is -2.36. The summed E-state index contributed by atoms with van der Waals surface area (Å²) in [5.74, 6) is 1.40. The van der Waals surface area contributed by atoms with Crippen LogP contribution in [0.5, 0.6) is 0 Å². The van der Waals surface area contributed by atoms with Gasteiger partial charge in [0.05, 0.1) is 0 Å². The number of halogens is 1. The third-order valence-corrected chi connectivity index (χ3v) is 3.72. The SMILES string of the molecule is CCc1c(Cl)ncnc1N1CCC(CO)CC1. The predicted octanol–water partition coefficient (Wildman–Crippen LogP) is 1.90. The smallest absolute Gasteiger partial charge is 0.137 e. The molecule has 0 aromatic carbocycles. The van der Waals surface area contributed by atoms with E-state index in [9.17, 15) is 0 Å². The van der Waals surface area contributed by atoms with Gasteiger partial charge in [0.2, 0.25) is 0 Å². The Bertz CT molecular complexity index is 378. The Kier molecular flexibility index (Phi) is 4.18. The van der Waals surface area contributed by atoms with E-state index in [1.807, 2.05) is 0 Å². The second kappa shape index (κ2) is 5.65. The Labute approximate surface area is 107 Å². The highest BCUT2D eigenvalue weighted by atomic mass is 35.5. The van der Waals surface area contributed by atoms with Gasteiger partial charge in [0.25, 0.3) is 0 Å². The maximum atomic E-state index is 9.13. The van der Waals surface area contributed by atoms with Gasteiger partial charge in [-0.3, -0.25) is 0 Å². The van der Waals surface area contributed by atoms with E-state index in [1.54, 1.807) is 0 Å². The lowest BCUT2D eigenvalue weighted by Gasteiger charge is -2.33. The standard InChI is InChI=1S/C12H18ClN3O/c1-2-10-11(13)14-8-15-12(10)16-5-3-9(7-17)4-6-16/h8-9,17H,2-7H2,1H3. The molecule has 0 bridgehead atoms. The van der Waals surface area contributed by atoms with E-state index >= 15 is 0 Å². The van der Waals surface area contributed by atoms with Gasteiger partial charge in [-0.05, 0) is 25.2 Å². The van der Waals surface area contributed by atoms with Crippen molar-refractivity contribution in [2.45, 2.75) is 26.2 Å². The van der Waals surface area contributed by atoms with E-state index in [0.29, 0.717) is 17.7 Å². The second-order valence-electron chi connectivity index (χ2n) is 4.43. The van der Waals surface area contributed by atoms with Crippen LogP contribution >= 0.6 is 11.6 Å². The Hall–Kier alpha value is -0.870. The summed E-state index contributed by atoms with van der Waals surface area (Å²) in [5, 5.41) is 9.68. The first kappa shape index (κ1) is 12.6. The van der Waals surface area contributed by atoms with Crippen molar-refractivity contribution in [2.75, 3.05) is 24.6 Å². The number of nitrogens with zero attached hydrogens (tertiary/aromatic N) is 3. The van der Waals surface area contributed by atoms with Crippen LogP contribution in [0.15, 0.2) is 6.33 Å². The molecule has 1 aliphatic rings. The highest BCUT2D eigenvalue weighted by molar-refractivity contribution is 6.30. The summed E-state index contributed by atoms with van der Waals surface area (Å²) < 4.78 is 0. The molecule has 0 spiro atoms. The Balaban J connectivity index is 2.15. The van der Waals surface area contributed by atoms with E-state index in [-0.39, 0.29) is 0 Å². The Morgan fingerprint density at radius 1 is 1.41 bits per heavy atom. The summed E-state index contributed by atoms with van der Waals surface area (Å²) in [5.41, 5.74) is 1.02. The van der Waals surface area contributed by atoms with Crippen LogP contribution < -0.4 is 4.90 Å². The van der Waals surface area contributed by atoms with Crippen LogP contribution in [0.4, 0.5) is 5.82 Å². The van der Waals surface area contributed by atoms with Crippen LogP contribution in [0.25, 0.3) is 0 Å². The van der Waals surface area contributed by atoms with Crippen molar-refractivity contribution in [3.05, 3.63) is 17.0 Å². The molecule has 1 aromatic rings. The number of aromatic nitrogens is 2. The van der Waals surface area contributed by atoms with Gasteiger partial charge in [-0.1, -0.05) is 18.5 Å². The molecule has 4 nitrogen and oxygen atoms in total. The van der Waals surface area contributed by atoms with Crippen LogP contribution in [0.2, 0.25) is 5.15 Å². The molecular weight excluding hydrogens is 238 g/mol. The van der Waals surface area contributed by atoms with Crippen molar-refractivity contribution in [2.24, 2.45) is 5.92 Å². The topological polar surface area (TPSA) is 49.2 Å². The van der Waals surface area contributed by atoms with Gasteiger partial charge < -0.3 is 10.0 Å². The molecular formula is C12H18ClN3O. The van der Waals surface area contributed by atoms with E-state index in [4.69, 9.17) is 16.7 Å². The minimum absolute atomic E-state index is 0.291. The fourth-order valence-corrected chi connectivity index (χ4v) is 2.55. The molecule has 0 saturated carbocycles. The number of hydrogen-bond donors (Lipinski definition) is 1. The molecule has 2 rings (SSSR count). The van der Waals surface area contributed by atoms with E-state index in [0.717, 1.165) is 43.7 Å². The lowest BCUT2D eigenvalue weighted by atomic mass is 9.97. The van der Waals surface area contributed by atoms with Crippen molar-refractivity contribution in [1.29, 1.82) is 0 Å². The van der Waals surface area contributed by atoms with Gasteiger partial charge in [0, 0.05) is 25.3 Å². The van der Waals surface area contributed by atoms with E-state index in [2.05, 4.69) is 21.8 Å². The largest absolute Gasteiger partial charge is 0.396 e. The number of hydrogen-bond acceptors (Lipinski definition) is 4. The summed E-state index contributed by atoms with van der Waals surface area (Å²) in [7, 11) is 0. The van der Waals surface area contributed by atoms with Gasteiger partial charge >= 0.3 is 0 Å². The van der Waals surface area contributed by atoms with Gasteiger partial charge in [0.15, 0.2) is 0 Å². The van der Waals surface area contributed by atoms with Crippen molar-refractivity contribution < 1.29 is 5.11 Å². The zero-order valence-corrected chi connectivity index (χ0v) is 10.8. The molecule has 0 amide bonds. The number of aliphatic hydroxyl groups excluding tert-OH is 1. The molecule has 0 radical (unpaired) electrons. The van der Waals surface area contributed by atoms with Crippen LogP contribution in [0, 0.1) is 5.92 Å². The molecule has 1 aromatic heterocycles.